The standard InChI is InChI=1S/C28H22F3N7O.C10H8O6S2/c1-17-5-6-19(10-25(17)37-27-33-9-7-24(36-27)20-4-3-8-32-14-20)26(39)35-22-11-21(28(29,30)31)12-23(13-22)38-15-18(2)34-16-38;11-17(12,13)9-5-1-3-7-8(9)4-2-6-10(7)18(14,15)16/h3-16H,1-2H3,(H,35,39)(H,33,36,37);1-6H,(H,11,12,13)(H,14,15,16). The van der Waals surface area contributed by atoms with Crippen molar-refractivity contribution in [3.8, 4) is 16.9 Å². The van der Waals surface area contributed by atoms with Gasteiger partial charge in [0.1, 0.15) is 9.79 Å². The summed E-state index contributed by atoms with van der Waals surface area (Å²) in [5.74, 6) is -0.259. The Bertz CT molecular complexity index is 2780. The van der Waals surface area contributed by atoms with Crippen molar-refractivity contribution in [1.29, 1.82) is 0 Å². The quantitative estimate of drug-likeness (QED) is 0.109. The third-order valence-electron chi connectivity index (χ3n) is 8.27. The molecule has 0 aliphatic rings. The van der Waals surface area contributed by atoms with Crippen molar-refractivity contribution in [3.63, 3.8) is 0 Å². The number of carbonyl (C=O) groups is 1. The van der Waals surface area contributed by atoms with E-state index in [1.54, 1.807) is 62.0 Å². The van der Waals surface area contributed by atoms with Crippen LogP contribution in [0.1, 0.15) is 27.2 Å². The molecule has 0 bridgehead atoms. The number of aryl methyl sites for hydroxylation is 2. The normalized spacial score (nSPS) is 11.8. The number of hydrogen-bond donors (Lipinski definition) is 4. The summed E-state index contributed by atoms with van der Waals surface area (Å²) in [5, 5.41) is 5.76. The van der Waals surface area contributed by atoms with E-state index in [1.165, 1.54) is 41.2 Å². The van der Waals surface area contributed by atoms with Gasteiger partial charge in [-0.3, -0.25) is 18.9 Å². The van der Waals surface area contributed by atoms with E-state index in [0.717, 1.165) is 35.4 Å². The van der Waals surface area contributed by atoms with Crippen LogP contribution in [0.2, 0.25) is 0 Å². The SMILES string of the molecule is Cc1cn(-c2cc(NC(=O)c3ccc(C)c(Nc4nccc(-c5cccnc5)n4)c3)cc(C(F)(F)F)c2)cn1.O=S(=O)(O)c1cccc2c(S(=O)(=O)O)cccc12. The molecule has 0 aliphatic carbocycles. The van der Waals surface area contributed by atoms with Crippen LogP contribution in [0.4, 0.5) is 30.5 Å². The number of halogens is 3. The number of carbonyl (C=O) groups excluding carboxylic acids is 1. The number of imidazole rings is 1. The van der Waals surface area contributed by atoms with Crippen molar-refractivity contribution < 1.29 is 43.9 Å². The molecule has 19 heteroatoms. The largest absolute Gasteiger partial charge is 0.416 e. The lowest BCUT2D eigenvalue weighted by Crippen LogP contribution is -2.14. The topological polar surface area (TPSA) is 206 Å². The zero-order chi connectivity index (χ0) is 41.1. The van der Waals surface area contributed by atoms with Gasteiger partial charge in [-0.15, -0.1) is 0 Å². The smallest absolute Gasteiger partial charge is 0.324 e. The predicted molar refractivity (Wildman–Crippen MR) is 205 cm³/mol. The fourth-order valence-corrected chi connectivity index (χ4v) is 6.99. The molecule has 0 unspecified atom stereocenters. The third kappa shape index (κ3) is 9.65. The minimum Gasteiger partial charge on any atom is -0.324 e. The number of pyridine rings is 1. The molecule has 0 atom stereocenters. The Balaban J connectivity index is 0.000000255. The summed E-state index contributed by atoms with van der Waals surface area (Å²) in [7, 11) is -8.94. The summed E-state index contributed by atoms with van der Waals surface area (Å²) in [6.07, 6.45) is 3.38. The molecule has 3 aromatic heterocycles. The van der Waals surface area contributed by atoms with Crippen LogP contribution in [-0.4, -0.2) is 56.4 Å². The molecule has 57 heavy (non-hydrogen) atoms. The minimum atomic E-state index is -4.60. The van der Waals surface area contributed by atoms with Crippen LogP contribution in [0, 0.1) is 13.8 Å². The number of aromatic nitrogens is 5. The number of benzene rings is 4. The van der Waals surface area contributed by atoms with Crippen LogP contribution in [0.15, 0.2) is 132 Å². The predicted octanol–water partition coefficient (Wildman–Crippen LogP) is 7.69. The summed E-state index contributed by atoms with van der Waals surface area (Å²) in [6, 6.07) is 21.2. The Morgan fingerprint density at radius 2 is 1.47 bits per heavy atom. The number of anilines is 3. The van der Waals surface area contributed by atoms with Gasteiger partial charge in [0.05, 0.1) is 23.3 Å². The lowest BCUT2D eigenvalue weighted by atomic mass is 10.1. The van der Waals surface area contributed by atoms with Gasteiger partial charge in [0.15, 0.2) is 0 Å². The lowest BCUT2D eigenvalue weighted by molar-refractivity contribution is -0.137. The van der Waals surface area contributed by atoms with Crippen LogP contribution >= 0.6 is 0 Å². The summed E-state index contributed by atoms with van der Waals surface area (Å²) >= 11 is 0. The van der Waals surface area contributed by atoms with E-state index in [0.29, 0.717) is 23.0 Å². The van der Waals surface area contributed by atoms with Crippen molar-refractivity contribution in [2.45, 2.75) is 29.8 Å². The zero-order valence-electron chi connectivity index (χ0n) is 29.7. The van der Waals surface area contributed by atoms with Crippen LogP contribution < -0.4 is 10.6 Å². The van der Waals surface area contributed by atoms with Crippen LogP contribution in [0.3, 0.4) is 0 Å². The van der Waals surface area contributed by atoms with E-state index in [2.05, 4.69) is 30.6 Å². The summed E-state index contributed by atoms with van der Waals surface area (Å²) < 4.78 is 105. The Labute approximate surface area is 323 Å². The third-order valence-corrected chi connectivity index (χ3v) is 10.1. The highest BCUT2D eigenvalue weighted by molar-refractivity contribution is 7.86. The molecule has 0 spiro atoms. The molecule has 1 amide bonds. The number of nitrogens with one attached hydrogen (secondary N) is 2. The zero-order valence-corrected chi connectivity index (χ0v) is 31.3. The van der Waals surface area contributed by atoms with Gasteiger partial charge in [0, 0.05) is 63.7 Å². The molecule has 0 saturated carbocycles. The van der Waals surface area contributed by atoms with Crippen molar-refractivity contribution in [2.24, 2.45) is 0 Å². The fourth-order valence-electron chi connectivity index (χ4n) is 5.58. The molecule has 0 saturated heterocycles. The van der Waals surface area contributed by atoms with Gasteiger partial charge in [-0.1, -0.05) is 30.3 Å². The van der Waals surface area contributed by atoms with Crippen molar-refractivity contribution in [3.05, 3.63) is 144 Å². The lowest BCUT2D eigenvalue weighted by Gasteiger charge is -2.14. The fraction of sp³-hybridized carbons (Fsp3) is 0.0789. The second-order valence-corrected chi connectivity index (χ2v) is 15.1. The monoisotopic (exact) mass is 817 g/mol. The van der Waals surface area contributed by atoms with Gasteiger partial charge in [-0.25, -0.2) is 15.0 Å². The average molecular weight is 818 g/mol. The van der Waals surface area contributed by atoms with Gasteiger partial charge in [0.2, 0.25) is 5.95 Å². The van der Waals surface area contributed by atoms with Gasteiger partial charge in [-0.2, -0.15) is 30.0 Å². The highest BCUT2D eigenvalue weighted by Crippen LogP contribution is 2.34. The maximum Gasteiger partial charge on any atom is 0.416 e. The van der Waals surface area contributed by atoms with Gasteiger partial charge < -0.3 is 15.2 Å². The number of amides is 1. The number of alkyl halides is 3. The first-order valence-electron chi connectivity index (χ1n) is 16.5. The number of nitrogens with zero attached hydrogens (tertiary/aromatic N) is 5. The molecule has 4 aromatic carbocycles. The number of fused-ring (bicyclic) bond motifs is 1. The summed E-state index contributed by atoms with van der Waals surface area (Å²) in [5.41, 5.74) is 3.09. The minimum absolute atomic E-state index is 0.00114. The Morgan fingerprint density at radius 3 is 2.05 bits per heavy atom. The molecule has 14 nitrogen and oxygen atoms in total. The molecule has 0 aliphatic heterocycles. The van der Waals surface area contributed by atoms with Gasteiger partial charge >= 0.3 is 6.18 Å². The van der Waals surface area contributed by atoms with Crippen LogP contribution in [0.25, 0.3) is 27.7 Å². The highest BCUT2D eigenvalue weighted by atomic mass is 32.2. The first-order valence-corrected chi connectivity index (χ1v) is 19.4. The van der Waals surface area contributed by atoms with Crippen LogP contribution in [-0.2, 0) is 26.4 Å². The summed E-state index contributed by atoms with van der Waals surface area (Å²) in [4.78, 5) is 29.2. The highest BCUT2D eigenvalue weighted by Gasteiger charge is 2.31. The molecule has 0 fully saturated rings. The van der Waals surface area contributed by atoms with E-state index < -0.39 is 47.7 Å². The van der Waals surface area contributed by atoms with Crippen LogP contribution in [0.5, 0.6) is 0 Å². The molecule has 7 rings (SSSR count). The van der Waals surface area contributed by atoms with E-state index in [9.17, 15) is 34.8 Å². The second-order valence-electron chi connectivity index (χ2n) is 12.4. The first-order chi connectivity index (χ1) is 26.9. The van der Waals surface area contributed by atoms with Crippen molar-refractivity contribution in [2.75, 3.05) is 10.6 Å². The van der Waals surface area contributed by atoms with E-state index in [1.807, 2.05) is 13.0 Å². The molecule has 3 heterocycles. The average Bonchev–Trinajstić information content (AvgIpc) is 3.61. The Hall–Kier alpha value is -6.54. The Kier molecular flexibility index (Phi) is 11.2. The molecule has 0 radical (unpaired) electrons. The number of rotatable bonds is 8. The van der Waals surface area contributed by atoms with Gasteiger partial charge in [-0.05, 0) is 80.1 Å². The van der Waals surface area contributed by atoms with Gasteiger partial charge in [0.25, 0.3) is 26.1 Å². The van der Waals surface area contributed by atoms with Crippen molar-refractivity contribution in [1.82, 2.24) is 24.5 Å². The molecule has 4 N–H and O–H groups in total. The second kappa shape index (κ2) is 15.9. The van der Waals surface area contributed by atoms with E-state index in [4.69, 9.17) is 9.11 Å². The summed E-state index contributed by atoms with van der Waals surface area (Å²) in [6.45, 7) is 3.58. The van der Waals surface area contributed by atoms with Crippen molar-refractivity contribution >= 4 is 54.2 Å². The molecular formula is C38H30F3N7O7S2. The maximum absolute atomic E-state index is 13.6. The molecule has 292 valence electrons. The number of hydrogen-bond acceptors (Lipinski definition) is 10. The van der Waals surface area contributed by atoms with E-state index >= 15 is 0 Å². The first kappa shape index (κ1) is 40.1. The Morgan fingerprint density at radius 1 is 0.789 bits per heavy atom. The maximum atomic E-state index is 13.6. The van der Waals surface area contributed by atoms with E-state index in [-0.39, 0.29) is 27.7 Å². The molecule has 7 aromatic rings. The molecular weight excluding hydrogens is 788 g/mol.